The lowest BCUT2D eigenvalue weighted by Crippen LogP contribution is -2.30. The van der Waals surface area contributed by atoms with Crippen molar-refractivity contribution in [2.75, 3.05) is 11.9 Å². The summed E-state index contributed by atoms with van der Waals surface area (Å²) in [4.78, 5) is 34.1. The van der Waals surface area contributed by atoms with Crippen molar-refractivity contribution in [1.82, 2.24) is 15.3 Å². The molecule has 0 bridgehead atoms. The number of anilines is 1. The molecule has 2 aromatic heterocycles. The summed E-state index contributed by atoms with van der Waals surface area (Å²) < 4.78 is 5.79. The van der Waals surface area contributed by atoms with E-state index in [9.17, 15) is 9.59 Å². The summed E-state index contributed by atoms with van der Waals surface area (Å²) in [6.45, 7) is 4.46. The van der Waals surface area contributed by atoms with E-state index in [4.69, 9.17) is 4.42 Å². The molecule has 1 aromatic carbocycles. The highest BCUT2D eigenvalue weighted by atomic mass is 32.2. The molecular weight excluding hydrogens is 388 g/mol. The number of thioether (sulfide) groups is 1. The van der Waals surface area contributed by atoms with Gasteiger partial charge in [0, 0.05) is 17.7 Å². The quantitative estimate of drug-likeness (QED) is 0.634. The Morgan fingerprint density at radius 2 is 2.00 bits per heavy atom. The van der Waals surface area contributed by atoms with Gasteiger partial charge in [0.1, 0.15) is 11.6 Å². The molecular formula is C21H22N4O3S. The highest BCUT2D eigenvalue weighted by Gasteiger charge is 2.25. The normalized spacial score (nSPS) is 17.0. The van der Waals surface area contributed by atoms with Gasteiger partial charge in [-0.1, -0.05) is 36.4 Å². The topological polar surface area (TPSA) is 97.1 Å². The van der Waals surface area contributed by atoms with Gasteiger partial charge in [-0.05, 0) is 38.8 Å². The van der Waals surface area contributed by atoms with Crippen molar-refractivity contribution < 1.29 is 14.0 Å². The lowest BCUT2D eigenvalue weighted by molar-refractivity contribution is -0.120. The van der Waals surface area contributed by atoms with Crippen LogP contribution in [-0.2, 0) is 4.79 Å². The van der Waals surface area contributed by atoms with Gasteiger partial charge < -0.3 is 15.1 Å². The summed E-state index contributed by atoms with van der Waals surface area (Å²) in [5.41, 5.74) is 1.83. The molecule has 2 N–H and O–H groups in total. The molecule has 1 atom stereocenters. The lowest BCUT2D eigenvalue weighted by Gasteiger charge is -2.13. The number of hydrogen-bond acceptors (Lipinski definition) is 6. The maximum absolute atomic E-state index is 12.7. The molecule has 0 unspecified atom stereocenters. The monoisotopic (exact) mass is 410 g/mol. The molecule has 0 aliphatic carbocycles. The molecule has 0 spiro atoms. The summed E-state index contributed by atoms with van der Waals surface area (Å²) in [6.07, 6.45) is 2.70. The van der Waals surface area contributed by atoms with Crippen molar-refractivity contribution in [2.24, 2.45) is 0 Å². The lowest BCUT2D eigenvalue weighted by atomic mass is 10.2. The molecule has 3 heterocycles. The van der Waals surface area contributed by atoms with Gasteiger partial charge in [0.15, 0.2) is 5.16 Å². The van der Waals surface area contributed by atoms with Crippen LogP contribution in [0, 0.1) is 13.8 Å². The Balaban J connectivity index is 1.69. The number of fused-ring (bicyclic) bond motifs is 1. The Labute approximate surface area is 172 Å². The predicted octanol–water partition coefficient (Wildman–Crippen LogP) is 3.85. The molecule has 1 aliphatic heterocycles. The van der Waals surface area contributed by atoms with Crippen molar-refractivity contribution in [3.8, 4) is 0 Å². The fourth-order valence-electron chi connectivity index (χ4n) is 3.29. The van der Waals surface area contributed by atoms with Crippen LogP contribution in [0.2, 0.25) is 0 Å². The van der Waals surface area contributed by atoms with Crippen molar-refractivity contribution in [1.29, 1.82) is 0 Å². The fraction of sp³-hybridized carbons (Fsp3) is 0.333. The van der Waals surface area contributed by atoms with E-state index in [1.165, 1.54) is 11.8 Å². The summed E-state index contributed by atoms with van der Waals surface area (Å²) in [6, 6.07) is 8.96. The molecule has 2 amide bonds. The minimum Gasteiger partial charge on any atom is -0.443 e. The first-order valence-corrected chi connectivity index (χ1v) is 10.5. The van der Waals surface area contributed by atoms with Crippen LogP contribution in [0.3, 0.4) is 0 Å². The first-order chi connectivity index (χ1) is 14.0. The Kier molecular flexibility index (Phi) is 5.53. The van der Waals surface area contributed by atoms with Crippen LogP contribution in [0.5, 0.6) is 0 Å². The smallest absolute Gasteiger partial charge is 0.256 e. The van der Waals surface area contributed by atoms with Gasteiger partial charge in [-0.25, -0.2) is 4.98 Å². The van der Waals surface area contributed by atoms with Gasteiger partial charge in [-0.15, -0.1) is 0 Å². The van der Waals surface area contributed by atoms with Gasteiger partial charge in [0.05, 0.1) is 10.6 Å². The SMILES string of the molecule is Cc1oc2nc(S[C@H]3CCCCNC3=O)nc(NC(=O)c3ccccc3)c2c1C. The number of furan rings is 1. The van der Waals surface area contributed by atoms with E-state index in [1.807, 2.05) is 32.0 Å². The number of nitrogens with zero attached hydrogens (tertiary/aromatic N) is 2. The largest absolute Gasteiger partial charge is 0.443 e. The average molecular weight is 410 g/mol. The number of carbonyl (C=O) groups excluding carboxylic acids is 2. The molecule has 1 aliphatic rings. The van der Waals surface area contributed by atoms with Crippen LogP contribution in [0.25, 0.3) is 11.1 Å². The molecule has 7 nitrogen and oxygen atoms in total. The number of hydrogen-bond donors (Lipinski definition) is 2. The van der Waals surface area contributed by atoms with E-state index in [-0.39, 0.29) is 17.1 Å². The third kappa shape index (κ3) is 4.12. The van der Waals surface area contributed by atoms with E-state index in [0.29, 0.717) is 34.2 Å². The van der Waals surface area contributed by atoms with Crippen LogP contribution in [0.4, 0.5) is 5.82 Å². The van der Waals surface area contributed by atoms with Crippen molar-refractivity contribution in [2.45, 2.75) is 43.5 Å². The number of benzene rings is 1. The van der Waals surface area contributed by atoms with Crippen LogP contribution in [0.15, 0.2) is 39.9 Å². The molecule has 29 heavy (non-hydrogen) atoms. The average Bonchev–Trinajstić information content (AvgIpc) is 2.86. The Morgan fingerprint density at radius 1 is 1.21 bits per heavy atom. The zero-order valence-electron chi connectivity index (χ0n) is 16.3. The maximum Gasteiger partial charge on any atom is 0.256 e. The Morgan fingerprint density at radius 3 is 2.79 bits per heavy atom. The molecule has 150 valence electrons. The van der Waals surface area contributed by atoms with Crippen molar-refractivity contribution >= 4 is 40.5 Å². The van der Waals surface area contributed by atoms with E-state index >= 15 is 0 Å². The third-order valence-electron chi connectivity index (χ3n) is 5.01. The van der Waals surface area contributed by atoms with Crippen LogP contribution in [0.1, 0.15) is 40.9 Å². The number of aryl methyl sites for hydroxylation is 2. The minimum atomic E-state index is -0.259. The fourth-order valence-corrected chi connectivity index (χ4v) is 4.30. The van der Waals surface area contributed by atoms with E-state index in [0.717, 1.165) is 30.6 Å². The highest BCUT2D eigenvalue weighted by Crippen LogP contribution is 2.33. The Hall–Kier alpha value is -2.87. The van der Waals surface area contributed by atoms with Gasteiger partial charge in [0.2, 0.25) is 11.6 Å². The van der Waals surface area contributed by atoms with E-state index in [2.05, 4.69) is 20.6 Å². The first kappa shape index (κ1) is 19.4. The van der Waals surface area contributed by atoms with Gasteiger partial charge in [0.25, 0.3) is 5.91 Å². The molecule has 3 aromatic rings. The number of nitrogens with one attached hydrogen (secondary N) is 2. The summed E-state index contributed by atoms with van der Waals surface area (Å²) >= 11 is 1.31. The second kappa shape index (κ2) is 8.24. The van der Waals surface area contributed by atoms with Gasteiger partial charge in [-0.3, -0.25) is 9.59 Å². The number of carbonyl (C=O) groups is 2. The van der Waals surface area contributed by atoms with E-state index < -0.39 is 0 Å². The molecule has 4 rings (SSSR count). The van der Waals surface area contributed by atoms with Crippen LogP contribution in [-0.4, -0.2) is 33.6 Å². The van der Waals surface area contributed by atoms with Crippen LogP contribution >= 0.6 is 11.8 Å². The minimum absolute atomic E-state index is 0.00197. The second-order valence-electron chi connectivity index (χ2n) is 7.03. The molecule has 1 saturated heterocycles. The number of amides is 2. The maximum atomic E-state index is 12.7. The van der Waals surface area contributed by atoms with E-state index in [1.54, 1.807) is 12.1 Å². The van der Waals surface area contributed by atoms with Crippen molar-refractivity contribution in [3.05, 3.63) is 47.2 Å². The summed E-state index contributed by atoms with van der Waals surface area (Å²) in [7, 11) is 0. The number of rotatable bonds is 4. The second-order valence-corrected chi connectivity index (χ2v) is 8.20. The Bertz CT molecular complexity index is 1060. The molecule has 0 saturated carbocycles. The summed E-state index contributed by atoms with van der Waals surface area (Å²) in [5.74, 6) is 0.860. The summed E-state index contributed by atoms with van der Waals surface area (Å²) in [5, 5.41) is 6.65. The van der Waals surface area contributed by atoms with Gasteiger partial charge >= 0.3 is 0 Å². The van der Waals surface area contributed by atoms with Gasteiger partial charge in [-0.2, -0.15) is 4.98 Å². The predicted molar refractivity (Wildman–Crippen MR) is 112 cm³/mol. The molecule has 1 fully saturated rings. The highest BCUT2D eigenvalue weighted by molar-refractivity contribution is 8.00. The number of aromatic nitrogens is 2. The van der Waals surface area contributed by atoms with Crippen molar-refractivity contribution in [3.63, 3.8) is 0 Å². The van der Waals surface area contributed by atoms with Crippen LogP contribution < -0.4 is 10.6 Å². The zero-order valence-corrected chi connectivity index (χ0v) is 17.1. The molecule has 8 heteroatoms. The molecule has 0 radical (unpaired) electrons. The standard InChI is InChI=1S/C21H22N4O3S/c1-12-13(2)28-20-16(12)17(23-18(26)14-8-4-3-5-9-14)24-21(25-20)29-15-10-6-7-11-22-19(15)27/h3-5,8-9,15H,6-7,10-11H2,1-2H3,(H,22,27)(H,23,24,25,26)/t15-/m0/s1. The first-order valence-electron chi connectivity index (χ1n) is 9.61. The zero-order chi connectivity index (χ0) is 20.4. The third-order valence-corrected chi connectivity index (χ3v) is 6.14.